The summed E-state index contributed by atoms with van der Waals surface area (Å²) in [5.41, 5.74) is 8.11. The van der Waals surface area contributed by atoms with E-state index in [1.807, 2.05) is 0 Å². The molecule has 0 aliphatic carbocycles. The molecule has 190 valence electrons. The number of benzene rings is 3. The highest BCUT2D eigenvalue weighted by atomic mass is 16.5. The van der Waals surface area contributed by atoms with E-state index in [4.69, 9.17) is 29.4 Å². The Balaban J connectivity index is 1.62. The van der Waals surface area contributed by atoms with Crippen LogP contribution in [0.2, 0.25) is 0 Å². The number of carbonyl (C=O) groups is 1. The molecular formula is C29H28N2O6. The lowest BCUT2D eigenvalue weighted by atomic mass is 9.83. The van der Waals surface area contributed by atoms with Crippen LogP contribution in [0.3, 0.4) is 0 Å². The molecule has 0 saturated heterocycles. The minimum Gasteiger partial charge on any atom is -0.497 e. The van der Waals surface area contributed by atoms with E-state index in [0.29, 0.717) is 52.2 Å². The van der Waals surface area contributed by atoms with Crippen molar-refractivity contribution in [3.63, 3.8) is 0 Å². The third kappa shape index (κ3) is 5.46. The maximum atomic E-state index is 12.8. The molecule has 37 heavy (non-hydrogen) atoms. The number of esters is 1. The summed E-state index contributed by atoms with van der Waals surface area (Å²) in [6.07, 6.45) is 0. The minimum absolute atomic E-state index is 0.0367. The van der Waals surface area contributed by atoms with Gasteiger partial charge in [0.2, 0.25) is 5.88 Å². The smallest absolute Gasteiger partial charge is 0.343 e. The average Bonchev–Trinajstić information content (AvgIpc) is 2.90. The van der Waals surface area contributed by atoms with Crippen molar-refractivity contribution in [1.82, 2.24) is 0 Å². The van der Waals surface area contributed by atoms with Gasteiger partial charge in [-0.3, -0.25) is 0 Å². The van der Waals surface area contributed by atoms with Crippen LogP contribution in [0.1, 0.15) is 41.3 Å². The molecule has 4 rings (SSSR count). The zero-order chi connectivity index (χ0) is 26.5. The number of hydrogen-bond donors (Lipinski definition) is 1. The van der Waals surface area contributed by atoms with Crippen LogP contribution in [-0.4, -0.2) is 26.8 Å². The van der Waals surface area contributed by atoms with Gasteiger partial charge in [-0.2, -0.15) is 5.26 Å². The number of rotatable bonds is 8. The molecule has 1 heterocycles. The maximum Gasteiger partial charge on any atom is 0.343 e. The fourth-order valence-corrected chi connectivity index (χ4v) is 4.00. The number of carbonyl (C=O) groups excluding carboxylic acids is 1. The second-order valence-electron chi connectivity index (χ2n) is 8.85. The Morgan fingerprint density at radius 1 is 0.973 bits per heavy atom. The van der Waals surface area contributed by atoms with Gasteiger partial charge in [-0.1, -0.05) is 19.9 Å². The first-order valence-corrected chi connectivity index (χ1v) is 11.7. The number of hydrogen-bond acceptors (Lipinski definition) is 8. The lowest BCUT2D eigenvalue weighted by Crippen LogP contribution is -2.21. The van der Waals surface area contributed by atoms with Gasteiger partial charge >= 0.3 is 5.97 Å². The Bertz CT molecular complexity index is 1370. The molecule has 0 bridgehead atoms. The summed E-state index contributed by atoms with van der Waals surface area (Å²) in [5.74, 6) is 1.75. The summed E-state index contributed by atoms with van der Waals surface area (Å²) in [6, 6.07) is 19.2. The van der Waals surface area contributed by atoms with Crippen molar-refractivity contribution in [2.45, 2.75) is 19.8 Å². The average molecular weight is 501 g/mol. The van der Waals surface area contributed by atoms with Gasteiger partial charge in [0.05, 0.1) is 32.3 Å². The fourth-order valence-electron chi connectivity index (χ4n) is 4.00. The minimum atomic E-state index is -0.568. The third-order valence-electron chi connectivity index (χ3n) is 5.82. The highest BCUT2D eigenvalue weighted by Gasteiger charge is 2.33. The van der Waals surface area contributed by atoms with Crippen molar-refractivity contribution in [1.29, 1.82) is 5.26 Å². The van der Waals surface area contributed by atoms with Gasteiger partial charge in [0, 0.05) is 17.2 Å². The molecule has 3 aromatic rings. The van der Waals surface area contributed by atoms with Gasteiger partial charge in [-0.15, -0.1) is 0 Å². The van der Waals surface area contributed by atoms with Gasteiger partial charge in [0.1, 0.15) is 40.4 Å². The van der Waals surface area contributed by atoms with Crippen molar-refractivity contribution in [2.75, 3.05) is 20.8 Å². The second kappa shape index (κ2) is 11.0. The lowest BCUT2D eigenvalue weighted by molar-refractivity contribution is 0.0734. The van der Waals surface area contributed by atoms with E-state index in [0.717, 1.165) is 0 Å². The molecule has 1 unspecified atom stereocenters. The van der Waals surface area contributed by atoms with Gasteiger partial charge in [0.25, 0.3) is 0 Å². The molecule has 3 aromatic carbocycles. The number of nitrogens with zero attached hydrogens (tertiary/aromatic N) is 1. The first-order valence-electron chi connectivity index (χ1n) is 11.7. The quantitative estimate of drug-likeness (QED) is 0.333. The third-order valence-corrected chi connectivity index (χ3v) is 5.82. The number of nitriles is 1. The van der Waals surface area contributed by atoms with Crippen LogP contribution >= 0.6 is 0 Å². The van der Waals surface area contributed by atoms with E-state index in [1.165, 1.54) is 0 Å². The van der Waals surface area contributed by atoms with Gasteiger partial charge in [0.15, 0.2) is 0 Å². The summed E-state index contributed by atoms with van der Waals surface area (Å²) in [6.45, 7) is 4.72. The molecular weight excluding hydrogens is 472 g/mol. The maximum absolute atomic E-state index is 12.8. The van der Waals surface area contributed by atoms with Crippen LogP contribution in [0, 0.1) is 17.2 Å². The van der Waals surface area contributed by atoms with E-state index in [2.05, 4.69) is 19.9 Å². The van der Waals surface area contributed by atoms with Crippen LogP contribution in [0.15, 0.2) is 72.1 Å². The highest BCUT2D eigenvalue weighted by molar-refractivity contribution is 5.91. The first-order chi connectivity index (χ1) is 17.8. The SMILES string of the molecule is COc1ccc(OC)c(C2C(C#N)=C(N)Oc3cc(OC(=O)c4ccc(OCC(C)C)cc4)ccc32)c1. The summed E-state index contributed by atoms with van der Waals surface area (Å²) >= 11 is 0. The lowest BCUT2D eigenvalue weighted by Gasteiger charge is -2.28. The molecule has 1 atom stereocenters. The Morgan fingerprint density at radius 3 is 2.32 bits per heavy atom. The Morgan fingerprint density at radius 2 is 1.68 bits per heavy atom. The van der Waals surface area contributed by atoms with E-state index < -0.39 is 11.9 Å². The number of fused-ring (bicyclic) bond motifs is 1. The molecule has 0 radical (unpaired) electrons. The molecule has 8 heteroatoms. The summed E-state index contributed by atoms with van der Waals surface area (Å²) in [7, 11) is 3.11. The summed E-state index contributed by atoms with van der Waals surface area (Å²) in [5, 5.41) is 9.87. The number of allylic oxidation sites excluding steroid dienone is 1. The molecule has 0 saturated carbocycles. The molecule has 0 spiro atoms. The summed E-state index contributed by atoms with van der Waals surface area (Å²) < 4.78 is 28.0. The van der Waals surface area contributed by atoms with Crippen LogP contribution in [-0.2, 0) is 0 Å². The standard InChI is InChI=1S/C29H28N2O6/c1-17(2)16-35-19-7-5-18(6-8-19)29(32)36-21-9-11-22-26(14-21)37-28(31)24(15-30)27(22)23-13-20(33-3)10-12-25(23)34-4/h5-14,17,27H,16,31H2,1-4H3. The molecule has 8 nitrogen and oxygen atoms in total. The normalized spacial score (nSPS) is 14.3. The van der Waals surface area contributed by atoms with Crippen LogP contribution in [0.25, 0.3) is 0 Å². The second-order valence-corrected chi connectivity index (χ2v) is 8.85. The van der Waals surface area contributed by atoms with Crippen LogP contribution in [0.5, 0.6) is 28.7 Å². The molecule has 2 N–H and O–H groups in total. The largest absolute Gasteiger partial charge is 0.497 e. The predicted molar refractivity (Wildman–Crippen MR) is 137 cm³/mol. The number of nitrogens with two attached hydrogens (primary N) is 1. The highest BCUT2D eigenvalue weighted by Crippen LogP contribution is 2.46. The van der Waals surface area contributed by atoms with Crippen LogP contribution < -0.4 is 29.4 Å². The molecule has 0 amide bonds. The van der Waals surface area contributed by atoms with Gasteiger partial charge < -0.3 is 29.4 Å². The Kier molecular flexibility index (Phi) is 7.54. The van der Waals surface area contributed by atoms with Crippen LogP contribution in [0.4, 0.5) is 0 Å². The fraction of sp³-hybridized carbons (Fsp3) is 0.241. The van der Waals surface area contributed by atoms with Crippen molar-refractivity contribution in [3.8, 4) is 34.8 Å². The summed E-state index contributed by atoms with van der Waals surface area (Å²) in [4.78, 5) is 12.8. The van der Waals surface area contributed by atoms with Gasteiger partial charge in [-0.25, -0.2) is 4.79 Å². The topological polar surface area (TPSA) is 113 Å². The zero-order valence-electron chi connectivity index (χ0n) is 21.1. The van der Waals surface area contributed by atoms with Crippen molar-refractivity contribution in [2.24, 2.45) is 11.7 Å². The van der Waals surface area contributed by atoms with Crippen molar-refractivity contribution in [3.05, 3.63) is 88.8 Å². The first kappa shape index (κ1) is 25.5. The number of methoxy groups -OCH3 is 2. The Labute approximate surface area is 215 Å². The predicted octanol–water partition coefficient (Wildman–Crippen LogP) is 5.18. The Hall–Kier alpha value is -4.64. The van der Waals surface area contributed by atoms with Crippen molar-refractivity contribution >= 4 is 5.97 Å². The van der Waals surface area contributed by atoms with E-state index in [9.17, 15) is 10.1 Å². The molecule has 0 aromatic heterocycles. The monoisotopic (exact) mass is 500 g/mol. The zero-order valence-corrected chi connectivity index (χ0v) is 21.1. The van der Waals surface area contributed by atoms with Crippen molar-refractivity contribution < 1.29 is 28.5 Å². The van der Waals surface area contributed by atoms with Gasteiger partial charge in [-0.05, 0) is 54.4 Å². The van der Waals surface area contributed by atoms with E-state index in [-0.39, 0.29) is 17.2 Å². The van der Waals surface area contributed by atoms with E-state index in [1.54, 1.807) is 74.9 Å². The molecule has 1 aliphatic heterocycles. The molecule has 0 fully saturated rings. The molecule has 1 aliphatic rings. The van der Waals surface area contributed by atoms with E-state index >= 15 is 0 Å². The number of ether oxygens (including phenoxy) is 5.